The van der Waals surface area contributed by atoms with Gasteiger partial charge in [0.2, 0.25) is 9.84 Å². The molecule has 3 N–H and O–H groups in total. The van der Waals surface area contributed by atoms with E-state index in [-0.39, 0.29) is 27.6 Å². The smallest absolute Gasteiger partial charge is 0.339 e. The summed E-state index contributed by atoms with van der Waals surface area (Å²) in [4.78, 5) is 11.4. The van der Waals surface area contributed by atoms with Crippen molar-refractivity contribution in [2.24, 2.45) is 0 Å². The third-order valence-electron chi connectivity index (χ3n) is 4.12. The summed E-state index contributed by atoms with van der Waals surface area (Å²) in [6, 6.07) is 16.6. The van der Waals surface area contributed by atoms with Crippen LogP contribution in [-0.4, -0.2) is 24.6 Å². The number of anilines is 1. The van der Waals surface area contributed by atoms with E-state index in [4.69, 9.17) is 16.7 Å². The van der Waals surface area contributed by atoms with Crippen LogP contribution >= 0.6 is 11.6 Å². The number of sulfone groups is 1. The Bertz CT molecular complexity index is 1130. The topological polar surface area (TPSA) is 104 Å². The van der Waals surface area contributed by atoms with E-state index in [0.29, 0.717) is 10.6 Å². The molecule has 0 atom stereocenters. The third kappa shape index (κ3) is 3.95. The number of hydrogen-bond acceptors (Lipinski definition) is 5. The monoisotopic (exact) mass is 417 g/mol. The molecule has 0 aliphatic heterocycles. The molecule has 0 aliphatic rings. The van der Waals surface area contributed by atoms with E-state index in [1.54, 1.807) is 18.2 Å². The zero-order chi connectivity index (χ0) is 20.3. The summed E-state index contributed by atoms with van der Waals surface area (Å²) in [6.45, 7) is 0.0691. The van der Waals surface area contributed by atoms with Gasteiger partial charge in [0.05, 0.1) is 15.5 Å². The third-order valence-corrected chi connectivity index (χ3v) is 6.24. The van der Waals surface area contributed by atoms with Crippen molar-refractivity contribution in [3.8, 4) is 5.75 Å². The minimum atomic E-state index is -3.78. The zero-order valence-electron chi connectivity index (χ0n) is 14.5. The Morgan fingerprint density at radius 3 is 2.32 bits per heavy atom. The number of aromatic hydroxyl groups is 1. The van der Waals surface area contributed by atoms with Gasteiger partial charge in [-0.2, -0.15) is 0 Å². The summed E-state index contributed by atoms with van der Waals surface area (Å²) in [5.74, 6) is -1.67. The molecule has 0 heterocycles. The van der Waals surface area contributed by atoms with E-state index >= 15 is 0 Å². The molecule has 0 amide bonds. The minimum absolute atomic E-state index is 0.0691. The van der Waals surface area contributed by atoms with Gasteiger partial charge in [-0.05, 0) is 48.0 Å². The van der Waals surface area contributed by atoms with Gasteiger partial charge in [0, 0.05) is 11.6 Å². The summed E-state index contributed by atoms with van der Waals surface area (Å²) < 4.78 is 26.0. The maximum atomic E-state index is 13.0. The molecule has 3 aromatic carbocycles. The normalized spacial score (nSPS) is 11.2. The van der Waals surface area contributed by atoms with Gasteiger partial charge in [-0.25, -0.2) is 13.2 Å². The molecular weight excluding hydrogens is 402 g/mol. The average molecular weight is 418 g/mol. The van der Waals surface area contributed by atoms with Crippen LogP contribution in [0.15, 0.2) is 76.5 Å². The molecule has 3 rings (SSSR count). The SMILES string of the molecule is O=C(O)c1cccc(NCc2ccccc2S(=O)(=O)c2ccc(Cl)cc2)c1O. The van der Waals surface area contributed by atoms with Gasteiger partial charge in [0.1, 0.15) is 5.56 Å². The van der Waals surface area contributed by atoms with Crippen LogP contribution in [0.2, 0.25) is 5.02 Å². The number of para-hydroxylation sites is 1. The second-order valence-corrected chi connectivity index (χ2v) is 8.28. The van der Waals surface area contributed by atoms with Crippen molar-refractivity contribution in [3.63, 3.8) is 0 Å². The fourth-order valence-corrected chi connectivity index (χ4v) is 4.32. The van der Waals surface area contributed by atoms with Crippen LogP contribution in [-0.2, 0) is 16.4 Å². The number of phenols is 1. The van der Waals surface area contributed by atoms with Crippen LogP contribution in [0.5, 0.6) is 5.75 Å². The summed E-state index contributed by atoms with van der Waals surface area (Å²) in [6.07, 6.45) is 0. The average Bonchev–Trinajstić information content (AvgIpc) is 2.67. The van der Waals surface area contributed by atoms with E-state index in [0.717, 1.165) is 0 Å². The summed E-state index contributed by atoms with van der Waals surface area (Å²) in [5, 5.41) is 22.5. The highest BCUT2D eigenvalue weighted by molar-refractivity contribution is 7.91. The number of rotatable bonds is 6. The number of halogens is 1. The first kappa shape index (κ1) is 19.7. The number of hydrogen-bond donors (Lipinski definition) is 3. The molecule has 8 heteroatoms. The van der Waals surface area contributed by atoms with Crippen molar-refractivity contribution >= 4 is 33.1 Å². The van der Waals surface area contributed by atoms with Crippen molar-refractivity contribution in [2.45, 2.75) is 16.3 Å². The largest absolute Gasteiger partial charge is 0.505 e. The molecule has 0 saturated heterocycles. The molecule has 144 valence electrons. The lowest BCUT2D eigenvalue weighted by atomic mass is 10.1. The number of carboxylic acids is 1. The second-order valence-electron chi connectivity index (χ2n) is 5.93. The maximum Gasteiger partial charge on any atom is 0.339 e. The quantitative estimate of drug-likeness (QED) is 0.519. The van der Waals surface area contributed by atoms with E-state index in [1.165, 1.54) is 48.5 Å². The number of aromatic carboxylic acids is 1. The molecule has 3 aromatic rings. The number of carboxylic acid groups (broad SMARTS) is 1. The Morgan fingerprint density at radius 2 is 1.64 bits per heavy atom. The predicted octanol–water partition coefficient (Wildman–Crippen LogP) is 4.19. The second kappa shape index (κ2) is 7.92. The van der Waals surface area contributed by atoms with Crippen LogP contribution in [0, 0.1) is 0 Å². The Hall–Kier alpha value is -3.03. The molecule has 0 aromatic heterocycles. The van der Waals surface area contributed by atoms with Crippen molar-refractivity contribution in [2.75, 3.05) is 5.32 Å². The standard InChI is InChI=1S/C20H16ClNO5S/c21-14-8-10-15(11-9-14)28(26,27)18-7-2-1-4-13(18)12-22-17-6-3-5-16(19(17)23)20(24)25/h1-11,22-23H,12H2,(H,24,25). The first-order chi connectivity index (χ1) is 13.3. The predicted molar refractivity (Wildman–Crippen MR) is 106 cm³/mol. The molecule has 0 bridgehead atoms. The lowest BCUT2D eigenvalue weighted by Gasteiger charge is -2.14. The Kier molecular flexibility index (Phi) is 5.58. The Balaban J connectivity index is 1.93. The number of nitrogens with one attached hydrogen (secondary N) is 1. The van der Waals surface area contributed by atoms with Crippen molar-refractivity contribution in [1.29, 1.82) is 0 Å². The zero-order valence-corrected chi connectivity index (χ0v) is 16.0. The summed E-state index contributed by atoms with van der Waals surface area (Å²) in [5.41, 5.74) is 0.420. The highest BCUT2D eigenvalue weighted by atomic mass is 35.5. The molecule has 0 unspecified atom stereocenters. The molecular formula is C20H16ClNO5S. The highest BCUT2D eigenvalue weighted by Gasteiger charge is 2.21. The van der Waals surface area contributed by atoms with Gasteiger partial charge in [-0.1, -0.05) is 35.9 Å². The molecule has 0 aliphatic carbocycles. The van der Waals surface area contributed by atoms with Crippen LogP contribution in [0.1, 0.15) is 15.9 Å². The van der Waals surface area contributed by atoms with Gasteiger partial charge < -0.3 is 15.5 Å². The highest BCUT2D eigenvalue weighted by Crippen LogP contribution is 2.30. The Morgan fingerprint density at radius 1 is 0.964 bits per heavy atom. The van der Waals surface area contributed by atoms with E-state index in [9.17, 15) is 18.3 Å². The number of benzene rings is 3. The maximum absolute atomic E-state index is 13.0. The summed E-state index contributed by atoms with van der Waals surface area (Å²) in [7, 11) is -3.78. The fourth-order valence-electron chi connectivity index (χ4n) is 2.70. The van der Waals surface area contributed by atoms with Crippen LogP contribution in [0.3, 0.4) is 0 Å². The van der Waals surface area contributed by atoms with Gasteiger partial charge in [-0.3, -0.25) is 0 Å². The van der Waals surface area contributed by atoms with Crippen molar-refractivity contribution < 1.29 is 23.4 Å². The molecule has 6 nitrogen and oxygen atoms in total. The lowest BCUT2D eigenvalue weighted by molar-refractivity contribution is 0.0694. The van der Waals surface area contributed by atoms with E-state index in [2.05, 4.69) is 5.32 Å². The Labute approximate surface area is 167 Å². The van der Waals surface area contributed by atoms with Crippen LogP contribution in [0.25, 0.3) is 0 Å². The fraction of sp³-hybridized carbons (Fsp3) is 0.0500. The van der Waals surface area contributed by atoms with Gasteiger partial charge in [0.15, 0.2) is 5.75 Å². The lowest BCUT2D eigenvalue weighted by Crippen LogP contribution is -2.09. The van der Waals surface area contributed by atoms with Gasteiger partial charge >= 0.3 is 5.97 Å². The first-order valence-electron chi connectivity index (χ1n) is 8.18. The molecule has 28 heavy (non-hydrogen) atoms. The van der Waals surface area contributed by atoms with Crippen molar-refractivity contribution in [3.05, 3.63) is 82.9 Å². The van der Waals surface area contributed by atoms with E-state index in [1.807, 2.05) is 0 Å². The minimum Gasteiger partial charge on any atom is -0.505 e. The molecule has 0 fully saturated rings. The summed E-state index contributed by atoms with van der Waals surface area (Å²) >= 11 is 5.84. The molecule has 0 saturated carbocycles. The molecule has 0 spiro atoms. The van der Waals surface area contributed by atoms with E-state index < -0.39 is 21.6 Å². The van der Waals surface area contributed by atoms with Crippen LogP contribution in [0.4, 0.5) is 5.69 Å². The number of carbonyl (C=O) groups is 1. The first-order valence-corrected chi connectivity index (χ1v) is 10.0. The van der Waals surface area contributed by atoms with Crippen molar-refractivity contribution in [1.82, 2.24) is 0 Å². The van der Waals surface area contributed by atoms with Crippen LogP contribution < -0.4 is 5.32 Å². The molecule has 0 radical (unpaired) electrons. The van der Waals surface area contributed by atoms with Gasteiger partial charge in [-0.15, -0.1) is 0 Å². The van der Waals surface area contributed by atoms with Gasteiger partial charge in [0.25, 0.3) is 0 Å².